The summed E-state index contributed by atoms with van der Waals surface area (Å²) < 4.78 is 28.7. The summed E-state index contributed by atoms with van der Waals surface area (Å²) >= 11 is 0. The Hall–Kier alpha value is -1.59. The molecule has 1 heterocycles. The van der Waals surface area contributed by atoms with E-state index >= 15 is 0 Å². The summed E-state index contributed by atoms with van der Waals surface area (Å²) in [5.74, 6) is 1.96. The smallest absolute Gasteiger partial charge is 0.151 e. The molecular weight excluding hydrogens is 286 g/mol. The molecule has 2 rings (SSSR count). The number of hydrogen-bond acceptors (Lipinski definition) is 4. The van der Waals surface area contributed by atoms with Crippen molar-refractivity contribution in [1.29, 1.82) is 0 Å². The molecule has 0 radical (unpaired) electrons. The van der Waals surface area contributed by atoms with Crippen molar-refractivity contribution in [2.24, 2.45) is 0 Å². The van der Waals surface area contributed by atoms with Crippen LogP contribution in [0.3, 0.4) is 0 Å². The number of furan rings is 1. The first-order chi connectivity index (χ1) is 10.0. The molecule has 0 aliphatic carbocycles. The van der Waals surface area contributed by atoms with Crippen LogP contribution in [0.1, 0.15) is 25.6 Å². The minimum atomic E-state index is -2.93. The second-order valence-corrected chi connectivity index (χ2v) is 7.45. The van der Waals surface area contributed by atoms with Crippen molar-refractivity contribution in [3.63, 3.8) is 0 Å². The van der Waals surface area contributed by atoms with E-state index in [1.54, 1.807) is 6.92 Å². The van der Waals surface area contributed by atoms with Crippen LogP contribution in [0.4, 0.5) is 0 Å². The minimum Gasteiger partial charge on any atom is -0.459 e. The molecule has 0 spiro atoms. The number of hydrogen-bond donors (Lipinski definition) is 1. The summed E-state index contributed by atoms with van der Waals surface area (Å²) in [4.78, 5) is 0. The van der Waals surface area contributed by atoms with Crippen LogP contribution < -0.4 is 5.32 Å². The van der Waals surface area contributed by atoms with E-state index < -0.39 is 9.84 Å². The molecule has 5 heteroatoms. The van der Waals surface area contributed by atoms with Crippen molar-refractivity contribution in [3.8, 4) is 11.3 Å². The Morgan fingerprint density at radius 3 is 2.52 bits per heavy atom. The molecular formula is C16H21NO3S. The predicted molar refractivity (Wildman–Crippen MR) is 84.9 cm³/mol. The average Bonchev–Trinajstić information content (AvgIpc) is 2.98. The van der Waals surface area contributed by atoms with Gasteiger partial charge in [-0.15, -0.1) is 0 Å². The highest BCUT2D eigenvalue weighted by Gasteiger charge is 2.13. The van der Waals surface area contributed by atoms with Crippen LogP contribution in [0.5, 0.6) is 0 Å². The number of rotatable bonds is 7. The number of nitrogens with one attached hydrogen (secondary N) is 1. The molecule has 0 aliphatic heterocycles. The van der Waals surface area contributed by atoms with Gasteiger partial charge in [-0.1, -0.05) is 37.3 Å². The van der Waals surface area contributed by atoms with E-state index in [2.05, 4.69) is 5.32 Å². The normalized spacial score (nSPS) is 13.2. The fourth-order valence-electron chi connectivity index (χ4n) is 2.02. The molecule has 114 valence electrons. The molecule has 0 unspecified atom stereocenters. The lowest BCUT2D eigenvalue weighted by atomic mass is 10.2. The molecule has 1 aromatic carbocycles. The molecule has 4 nitrogen and oxygen atoms in total. The zero-order valence-corrected chi connectivity index (χ0v) is 13.2. The first kappa shape index (κ1) is 15.8. The lowest BCUT2D eigenvalue weighted by Gasteiger charge is -2.11. The van der Waals surface area contributed by atoms with Crippen LogP contribution in [0, 0.1) is 0 Å². The monoisotopic (exact) mass is 307 g/mol. The van der Waals surface area contributed by atoms with E-state index in [9.17, 15) is 8.42 Å². The molecule has 2 aromatic rings. The standard InChI is InChI=1S/C16H21NO3S/c1-3-21(18,19)12-11-17-13(2)15-9-10-16(20-15)14-7-5-4-6-8-14/h4-10,13,17H,3,11-12H2,1-2H3/t13-/m1/s1. The summed E-state index contributed by atoms with van der Waals surface area (Å²) in [5, 5.41) is 3.18. The zero-order valence-electron chi connectivity index (χ0n) is 12.4. The molecule has 21 heavy (non-hydrogen) atoms. The maximum absolute atomic E-state index is 11.4. The van der Waals surface area contributed by atoms with Gasteiger partial charge in [-0.25, -0.2) is 8.42 Å². The van der Waals surface area contributed by atoms with E-state index in [0.717, 1.165) is 17.1 Å². The predicted octanol–water partition coefficient (Wildman–Crippen LogP) is 3.03. The Kier molecular flexibility index (Phi) is 5.20. The quantitative estimate of drug-likeness (QED) is 0.854. The van der Waals surface area contributed by atoms with Crippen LogP contribution >= 0.6 is 0 Å². The third-order valence-corrected chi connectivity index (χ3v) is 5.12. The minimum absolute atomic E-state index is 0.0190. The molecule has 0 bridgehead atoms. The average molecular weight is 307 g/mol. The van der Waals surface area contributed by atoms with Crippen molar-refractivity contribution < 1.29 is 12.8 Å². The summed E-state index contributed by atoms with van der Waals surface area (Å²) in [5.41, 5.74) is 1.03. The largest absolute Gasteiger partial charge is 0.459 e. The molecule has 1 atom stereocenters. The molecule has 0 saturated carbocycles. The van der Waals surface area contributed by atoms with Gasteiger partial charge in [0.05, 0.1) is 11.8 Å². The van der Waals surface area contributed by atoms with E-state index in [-0.39, 0.29) is 17.5 Å². The first-order valence-electron chi connectivity index (χ1n) is 7.11. The van der Waals surface area contributed by atoms with Gasteiger partial charge < -0.3 is 9.73 Å². The van der Waals surface area contributed by atoms with Gasteiger partial charge in [0.1, 0.15) is 11.5 Å². The van der Waals surface area contributed by atoms with Crippen molar-refractivity contribution >= 4 is 9.84 Å². The third kappa shape index (κ3) is 4.44. The van der Waals surface area contributed by atoms with Crippen molar-refractivity contribution in [2.75, 3.05) is 18.1 Å². The van der Waals surface area contributed by atoms with Crippen LogP contribution in [0.25, 0.3) is 11.3 Å². The fourth-order valence-corrected chi connectivity index (χ4v) is 2.74. The van der Waals surface area contributed by atoms with Crippen molar-refractivity contribution in [3.05, 3.63) is 48.2 Å². The van der Waals surface area contributed by atoms with Gasteiger partial charge in [-0.05, 0) is 19.1 Å². The van der Waals surface area contributed by atoms with Crippen LogP contribution in [-0.4, -0.2) is 26.5 Å². The van der Waals surface area contributed by atoms with Crippen molar-refractivity contribution in [2.45, 2.75) is 19.9 Å². The lowest BCUT2D eigenvalue weighted by Crippen LogP contribution is -2.26. The Morgan fingerprint density at radius 1 is 1.14 bits per heavy atom. The number of sulfone groups is 1. The second kappa shape index (κ2) is 6.91. The topological polar surface area (TPSA) is 59.3 Å². The van der Waals surface area contributed by atoms with Gasteiger partial charge in [0.2, 0.25) is 0 Å². The molecule has 1 aromatic heterocycles. The zero-order chi connectivity index (χ0) is 15.3. The van der Waals surface area contributed by atoms with Gasteiger partial charge in [-0.3, -0.25) is 0 Å². The molecule has 0 amide bonds. The van der Waals surface area contributed by atoms with Crippen LogP contribution in [0.2, 0.25) is 0 Å². The van der Waals surface area contributed by atoms with E-state index in [1.807, 2.05) is 49.4 Å². The van der Waals surface area contributed by atoms with Gasteiger partial charge in [0.25, 0.3) is 0 Å². The van der Waals surface area contributed by atoms with Gasteiger partial charge in [0.15, 0.2) is 9.84 Å². The van der Waals surface area contributed by atoms with Gasteiger partial charge >= 0.3 is 0 Å². The van der Waals surface area contributed by atoms with Gasteiger partial charge in [-0.2, -0.15) is 0 Å². The molecule has 0 saturated heterocycles. The Bertz CT molecular complexity index is 662. The maximum atomic E-state index is 11.4. The lowest BCUT2D eigenvalue weighted by molar-refractivity contribution is 0.444. The Balaban J connectivity index is 1.95. The highest BCUT2D eigenvalue weighted by Crippen LogP contribution is 2.24. The third-order valence-electron chi connectivity index (χ3n) is 3.42. The highest BCUT2D eigenvalue weighted by molar-refractivity contribution is 7.91. The van der Waals surface area contributed by atoms with E-state index in [4.69, 9.17) is 4.42 Å². The molecule has 0 aliphatic rings. The molecule has 0 fully saturated rings. The van der Waals surface area contributed by atoms with Crippen LogP contribution in [0.15, 0.2) is 46.9 Å². The SMILES string of the molecule is CCS(=O)(=O)CCN[C@H](C)c1ccc(-c2ccccc2)o1. The summed E-state index contributed by atoms with van der Waals surface area (Å²) in [7, 11) is -2.93. The van der Waals surface area contributed by atoms with Gasteiger partial charge in [0, 0.05) is 17.9 Å². The number of benzene rings is 1. The fraction of sp³-hybridized carbons (Fsp3) is 0.375. The summed E-state index contributed by atoms with van der Waals surface area (Å²) in [6, 6.07) is 13.7. The summed E-state index contributed by atoms with van der Waals surface area (Å²) in [6.07, 6.45) is 0. The second-order valence-electron chi connectivity index (χ2n) is 4.98. The first-order valence-corrected chi connectivity index (χ1v) is 8.93. The Labute approximate surface area is 126 Å². The van der Waals surface area contributed by atoms with E-state index in [0.29, 0.717) is 6.54 Å². The van der Waals surface area contributed by atoms with Crippen molar-refractivity contribution in [1.82, 2.24) is 5.32 Å². The maximum Gasteiger partial charge on any atom is 0.151 e. The Morgan fingerprint density at radius 2 is 1.86 bits per heavy atom. The highest BCUT2D eigenvalue weighted by atomic mass is 32.2. The summed E-state index contributed by atoms with van der Waals surface area (Å²) in [6.45, 7) is 4.06. The van der Waals surface area contributed by atoms with E-state index in [1.165, 1.54) is 0 Å². The van der Waals surface area contributed by atoms with Crippen LogP contribution in [-0.2, 0) is 9.84 Å². The molecule has 1 N–H and O–H groups in total.